The predicted octanol–water partition coefficient (Wildman–Crippen LogP) is 2.32. The van der Waals surface area contributed by atoms with E-state index in [0.29, 0.717) is 6.54 Å². The lowest BCUT2D eigenvalue weighted by Gasteiger charge is -2.03. The number of hydrogen-bond acceptors (Lipinski definition) is 2. The van der Waals surface area contributed by atoms with E-state index >= 15 is 0 Å². The van der Waals surface area contributed by atoms with E-state index in [1.165, 1.54) is 0 Å². The second kappa shape index (κ2) is 7.38. The summed E-state index contributed by atoms with van der Waals surface area (Å²) in [5.74, 6) is 6.19. The molecule has 96 valence electrons. The Labute approximate surface area is 114 Å². The molecule has 2 nitrogen and oxygen atoms in total. The topological polar surface area (TPSA) is 32.3 Å². The molecule has 0 aliphatic heterocycles. The van der Waals surface area contributed by atoms with E-state index in [1.54, 1.807) is 0 Å². The smallest absolute Gasteiger partial charge is 0.0681 e. The summed E-state index contributed by atoms with van der Waals surface area (Å²) in [6, 6.07) is 17.9. The van der Waals surface area contributed by atoms with Crippen LogP contribution in [-0.2, 0) is 13.2 Å². The molecule has 0 fully saturated rings. The summed E-state index contributed by atoms with van der Waals surface area (Å²) in [5, 5.41) is 12.3. The van der Waals surface area contributed by atoms with Crippen LogP contribution in [0.5, 0.6) is 0 Å². The molecule has 0 unspecified atom stereocenters. The number of aliphatic hydroxyl groups excluding tert-OH is 1. The Balaban J connectivity index is 1.79. The Hall–Kier alpha value is -2.08. The van der Waals surface area contributed by atoms with E-state index in [2.05, 4.69) is 17.2 Å². The fraction of sp³-hybridized carbons (Fsp3) is 0.176. The number of aliphatic hydroxyl groups is 1. The van der Waals surface area contributed by atoms with Gasteiger partial charge in [0.15, 0.2) is 0 Å². The third kappa shape index (κ3) is 4.59. The summed E-state index contributed by atoms with van der Waals surface area (Å²) in [4.78, 5) is 0. The Kier molecular flexibility index (Phi) is 5.18. The summed E-state index contributed by atoms with van der Waals surface area (Å²) in [6.07, 6.45) is 0. The van der Waals surface area contributed by atoms with Crippen molar-refractivity contribution in [1.29, 1.82) is 0 Å². The van der Waals surface area contributed by atoms with Gasteiger partial charge >= 0.3 is 0 Å². The highest BCUT2D eigenvalue weighted by molar-refractivity contribution is 5.33. The van der Waals surface area contributed by atoms with Crippen molar-refractivity contribution >= 4 is 0 Å². The first-order valence-electron chi connectivity index (χ1n) is 6.32. The number of rotatable bonds is 4. The van der Waals surface area contributed by atoms with Crippen LogP contribution in [0.4, 0.5) is 0 Å². The summed E-state index contributed by atoms with van der Waals surface area (Å²) >= 11 is 0. The van der Waals surface area contributed by atoms with Crippen LogP contribution in [0.1, 0.15) is 16.7 Å². The van der Waals surface area contributed by atoms with Crippen LogP contribution in [0.15, 0.2) is 54.6 Å². The average Bonchev–Trinajstić information content (AvgIpc) is 2.48. The SMILES string of the molecule is OCc1cccc(CNCC#Cc2ccccc2)c1. The zero-order chi connectivity index (χ0) is 13.3. The molecule has 2 aromatic rings. The van der Waals surface area contributed by atoms with Crippen LogP contribution in [0.25, 0.3) is 0 Å². The minimum Gasteiger partial charge on any atom is -0.392 e. The van der Waals surface area contributed by atoms with Crippen molar-refractivity contribution in [3.8, 4) is 11.8 Å². The molecule has 2 N–H and O–H groups in total. The quantitative estimate of drug-likeness (QED) is 0.645. The predicted molar refractivity (Wildman–Crippen MR) is 77.4 cm³/mol. The van der Waals surface area contributed by atoms with Gasteiger partial charge in [-0.3, -0.25) is 0 Å². The van der Waals surface area contributed by atoms with Crippen molar-refractivity contribution in [1.82, 2.24) is 5.32 Å². The Bertz CT molecular complexity index is 567. The van der Waals surface area contributed by atoms with Crippen LogP contribution in [-0.4, -0.2) is 11.7 Å². The maximum absolute atomic E-state index is 9.05. The molecule has 0 aliphatic rings. The molecule has 0 atom stereocenters. The summed E-state index contributed by atoms with van der Waals surface area (Å²) in [7, 11) is 0. The summed E-state index contributed by atoms with van der Waals surface area (Å²) < 4.78 is 0. The van der Waals surface area contributed by atoms with Gasteiger partial charge in [-0.1, -0.05) is 54.3 Å². The van der Waals surface area contributed by atoms with Crippen LogP contribution >= 0.6 is 0 Å². The Morgan fingerprint density at radius 1 is 0.947 bits per heavy atom. The lowest BCUT2D eigenvalue weighted by atomic mass is 10.1. The van der Waals surface area contributed by atoms with E-state index in [4.69, 9.17) is 5.11 Å². The fourth-order valence-electron chi connectivity index (χ4n) is 1.78. The van der Waals surface area contributed by atoms with Gasteiger partial charge in [0.2, 0.25) is 0 Å². The maximum Gasteiger partial charge on any atom is 0.0681 e. The van der Waals surface area contributed by atoms with Crippen molar-refractivity contribution in [3.05, 3.63) is 71.3 Å². The zero-order valence-electron chi connectivity index (χ0n) is 10.8. The first-order chi connectivity index (χ1) is 9.38. The van der Waals surface area contributed by atoms with Crippen molar-refractivity contribution in [2.75, 3.05) is 6.54 Å². The third-order valence-corrected chi connectivity index (χ3v) is 2.72. The summed E-state index contributed by atoms with van der Waals surface area (Å²) in [6.45, 7) is 1.50. The maximum atomic E-state index is 9.05. The fourth-order valence-corrected chi connectivity index (χ4v) is 1.78. The Morgan fingerprint density at radius 2 is 1.74 bits per heavy atom. The van der Waals surface area contributed by atoms with E-state index in [1.807, 2.05) is 54.6 Å². The summed E-state index contributed by atoms with van der Waals surface area (Å²) in [5.41, 5.74) is 3.13. The van der Waals surface area contributed by atoms with Crippen LogP contribution in [0.2, 0.25) is 0 Å². The molecule has 2 heteroatoms. The van der Waals surface area contributed by atoms with Gasteiger partial charge in [-0.05, 0) is 23.3 Å². The van der Waals surface area contributed by atoms with Crippen molar-refractivity contribution in [2.45, 2.75) is 13.2 Å². The molecule has 0 spiro atoms. The lowest BCUT2D eigenvalue weighted by molar-refractivity contribution is 0.281. The molecule has 0 aliphatic carbocycles. The monoisotopic (exact) mass is 251 g/mol. The molecule has 0 radical (unpaired) electrons. The van der Waals surface area contributed by atoms with Gasteiger partial charge in [-0.2, -0.15) is 0 Å². The molecule has 0 amide bonds. The average molecular weight is 251 g/mol. The minimum atomic E-state index is 0.0850. The van der Waals surface area contributed by atoms with E-state index in [0.717, 1.165) is 23.2 Å². The molecule has 0 heterocycles. The largest absolute Gasteiger partial charge is 0.392 e. The molecule has 0 saturated heterocycles. The Morgan fingerprint density at radius 3 is 2.53 bits per heavy atom. The van der Waals surface area contributed by atoms with Crippen LogP contribution < -0.4 is 5.32 Å². The molecular weight excluding hydrogens is 234 g/mol. The second-order valence-electron chi connectivity index (χ2n) is 4.25. The highest BCUT2D eigenvalue weighted by Crippen LogP contribution is 2.04. The second-order valence-corrected chi connectivity index (χ2v) is 4.25. The number of hydrogen-bond donors (Lipinski definition) is 2. The van der Waals surface area contributed by atoms with Crippen molar-refractivity contribution in [3.63, 3.8) is 0 Å². The first kappa shape index (κ1) is 13.4. The third-order valence-electron chi connectivity index (χ3n) is 2.72. The van der Waals surface area contributed by atoms with E-state index in [-0.39, 0.29) is 6.61 Å². The van der Waals surface area contributed by atoms with Crippen molar-refractivity contribution in [2.24, 2.45) is 0 Å². The lowest BCUT2D eigenvalue weighted by Crippen LogP contribution is -2.13. The number of nitrogens with one attached hydrogen (secondary N) is 1. The molecule has 2 rings (SSSR count). The molecule has 0 saturated carbocycles. The van der Waals surface area contributed by atoms with Crippen LogP contribution in [0.3, 0.4) is 0 Å². The zero-order valence-corrected chi connectivity index (χ0v) is 10.8. The standard InChI is InChI=1S/C17H17NO/c19-14-17-9-4-8-16(12-17)13-18-11-5-10-15-6-2-1-3-7-15/h1-4,6-9,12,18-19H,11,13-14H2. The molecule has 2 aromatic carbocycles. The van der Waals surface area contributed by atoms with Gasteiger partial charge in [-0.15, -0.1) is 0 Å². The van der Waals surface area contributed by atoms with E-state index in [9.17, 15) is 0 Å². The molecular formula is C17H17NO. The normalized spacial score (nSPS) is 9.74. The van der Waals surface area contributed by atoms with Gasteiger partial charge in [0, 0.05) is 12.1 Å². The van der Waals surface area contributed by atoms with Gasteiger partial charge in [0.05, 0.1) is 13.2 Å². The van der Waals surface area contributed by atoms with Gasteiger partial charge in [0.1, 0.15) is 0 Å². The minimum absolute atomic E-state index is 0.0850. The molecule has 19 heavy (non-hydrogen) atoms. The van der Waals surface area contributed by atoms with Gasteiger partial charge in [0.25, 0.3) is 0 Å². The number of benzene rings is 2. The highest BCUT2D eigenvalue weighted by atomic mass is 16.3. The highest BCUT2D eigenvalue weighted by Gasteiger charge is 1.93. The van der Waals surface area contributed by atoms with Crippen molar-refractivity contribution < 1.29 is 5.11 Å². The molecule has 0 aromatic heterocycles. The van der Waals surface area contributed by atoms with Gasteiger partial charge in [-0.25, -0.2) is 0 Å². The van der Waals surface area contributed by atoms with Gasteiger partial charge < -0.3 is 10.4 Å². The molecule has 0 bridgehead atoms. The first-order valence-corrected chi connectivity index (χ1v) is 6.32. The van der Waals surface area contributed by atoms with Crippen LogP contribution in [0, 0.1) is 11.8 Å². The van der Waals surface area contributed by atoms with E-state index < -0.39 is 0 Å².